The maximum Gasteiger partial charge on any atom is 0.337 e. The van der Waals surface area contributed by atoms with E-state index in [-0.39, 0.29) is 5.97 Å². The van der Waals surface area contributed by atoms with Crippen LogP contribution in [0.4, 0.5) is 0 Å². The van der Waals surface area contributed by atoms with E-state index < -0.39 is 0 Å². The lowest BCUT2D eigenvalue weighted by Gasteiger charge is -2.21. The van der Waals surface area contributed by atoms with Gasteiger partial charge in [0.05, 0.1) is 41.1 Å². The molecule has 2 aromatic heterocycles. The molecule has 2 heterocycles. The average Bonchev–Trinajstić information content (AvgIpc) is 3.16. The van der Waals surface area contributed by atoms with Crippen molar-refractivity contribution in [2.24, 2.45) is 0 Å². The van der Waals surface area contributed by atoms with Gasteiger partial charge < -0.3 is 4.74 Å². The van der Waals surface area contributed by atoms with Crippen LogP contribution in [-0.4, -0.2) is 33.2 Å². The molecule has 29 heavy (non-hydrogen) atoms. The molecule has 1 N–H and O–H groups in total. The van der Waals surface area contributed by atoms with Crippen LogP contribution >= 0.6 is 0 Å². The van der Waals surface area contributed by atoms with E-state index in [1.54, 1.807) is 12.1 Å². The first-order valence-electron chi connectivity index (χ1n) is 10.1. The van der Waals surface area contributed by atoms with Gasteiger partial charge in [-0.1, -0.05) is 39.8 Å². The van der Waals surface area contributed by atoms with E-state index in [9.17, 15) is 4.79 Å². The van der Waals surface area contributed by atoms with Gasteiger partial charge in [-0.3, -0.25) is 10.1 Å². The van der Waals surface area contributed by atoms with Crippen molar-refractivity contribution in [1.82, 2.24) is 20.2 Å². The molecule has 0 atom stereocenters. The third kappa shape index (κ3) is 3.33. The van der Waals surface area contributed by atoms with E-state index in [4.69, 9.17) is 14.7 Å². The predicted octanol–water partition coefficient (Wildman–Crippen LogP) is 4.67. The SMILES string of the molecule is COC(=O)c1ccc(-c2n[nH]c3c2CCc2nc(C(C)C)c(C(C)C)nc2-3)cc1. The average molecular weight is 390 g/mol. The van der Waals surface area contributed by atoms with Crippen molar-refractivity contribution in [3.8, 4) is 22.6 Å². The molecular weight excluding hydrogens is 364 g/mol. The van der Waals surface area contributed by atoms with Gasteiger partial charge in [0, 0.05) is 11.1 Å². The first-order valence-corrected chi connectivity index (χ1v) is 10.1. The lowest BCUT2D eigenvalue weighted by Crippen LogP contribution is -2.14. The van der Waals surface area contributed by atoms with E-state index in [0.29, 0.717) is 17.4 Å². The Morgan fingerprint density at radius 3 is 2.24 bits per heavy atom. The Morgan fingerprint density at radius 1 is 0.966 bits per heavy atom. The molecule has 6 heteroatoms. The number of H-pyrrole nitrogens is 1. The molecule has 0 aliphatic heterocycles. The Kier molecular flexibility index (Phi) is 4.94. The number of fused-ring (bicyclic) bond motifs is 3. The molecule has 0 saturated carbocycles. The largest absolute Gasteiger partial charge is 0.465 e. The molecule has 0 radical (unpaired) electrons. The summed E-state index contributed by atoms with van der Waals surface area (Å²) in [5, 5.41) is 7.78. The second-order valence-corrected chi connectivity index (χ2v) is 8.09. The van der Waals surface area contributed by atoms with Crippen LogP contribution in [0.3, 0.4) is 0 Å². The lowest BCUT2D eigenvalue weighted by atomic mass is 9.91. The maximum atomic E-state index is 11.7. The molecule has 1 aliphatic carbocycles. The van der Waals surface area contributed by atoms with Crippen molar-refractivity contribution in [3.05, 3.63) is 52.5 Å². The molecule has 0 spiro atoms. The molecule has 0 fully saturated rings. The van der Waals surface area contributed by atoms with E-state index >= 15 is 0 Å². The van der Waals surface area contributed by atoms with Gasteiger partial charge in [0.15, 0.2) is 0 Å². The Hall–Kier alpha value is -3.02. The number of methoxy groups -OCH3 is 1. The summed E-state index contributed by atoms with van der Waals surface area (Å²) in [7, 11) is 1.38. The van der Waals surface area contributed by atoms with Crippen molar-refractivity contribution < 1.29 is 9.53 Å². The minimum absolute atomic E-state index is 0.309. The highest BCUT2D eigenvalue weighted by molar-refractivity contribution is 5.90. The van der Waals surface area contributed by atoms with Crippen molar-refractivity contribution in [1.29, 1.82) is 0 Å². The smallest absolute Gasteiger partial charge is 0.337 e. The number of aromatic nitrogens is 4. The number of rotatable bonds is 4. The van der Waals surface area contributed by atoms with Gasteiger partial charge in [-0.2, -0.15) is 5.10 Å². The van der Waals surface area contributed by atoms with Crippen LogP contribution in [0.25, 0.3) is 22.6 Å². The summed E-state index contributed by atoms with van der Waals surface area (Å²) < 4.78 is 4.78. The molecule has 3 aromatic rings. The van der Waals surface area contributed by atoms with E-state index in [2.05, 4.69) is 37.9 Å². The molecule has 1 aromatic carbocycles. The summed E-state index contributed by atoms with van der Waals surface area (Å²) in [5.74, 6) is 0.313. The quantitative estimate of drug-likeness (QED) is 0.655. The van der Waals surface area contributed by atoms with Crippen molar-refractivity contribution >= 4 is 5.97 Å². The zero-order valence-electron chi connectivity index (χ0n) is 17.5. The number of aromatic amines is 1. The second-order valence-electron chi connectivity index (χ2n) is 8.09. The molecule has 150 valence electrons. The topological polar surface area (TPSA) is 80.8 Å². The van der Waals surface area contributed by atoms with Gasteiger partial charge in [-0.05, 0) is 36.8 Å². The van der Waals surface area contributed by atoms with Crippen molar-refractivity contribution in [2.45, 2.75) is 52.4 Å². The first-order chi connectivity index (χ1) is 13.9. The number of carbonyl (C=O) groups excluding carboxylic acids is 1. The van der Waals surface area contributed by atoms with Crippen molar-refractivity contribution in [2.75, 3.05) is 7.11 Å². The van der Waals surface area contributed by atoms with Gasteiger partial charge in [0.2, 0.25) is 0 Å². The summed E-state index contributed by atoms with van der Waals surface area (Å²) in [4.78, 5) is 21.7. The van der Waals surface area contributed by atoms with Crippen LogP contribution < -0.4 is 0 Å². The fraction of sp³-hybridized carbons (Fsp3) is 0.391. The highest BCUT2D eigenvalue weighted by Gasteiger charge is 2.27. The Morgan fingerprint density at radius 2 is 1.62 bits per heavy atom. The number of hydrogen-bond acceptors (Lipinski definition) is 5. The number of carbonyl (C=O) groups is 1. The van der Waals surface area contributed by atoms with Gasteiger partial charge in [0.1, 0.15) is 5.69 Å². The van der Waals surface area contributed by atoms with Crippen molar-refractivity contribution in [3.63, 3.8) is 0 Å². The maximum absolute atomic E-state index is 11.7. The van der Waals surface area contributed by atoms with Crippen LogP contribution in [0.5, 0.6) is 0 Å². The summed E-state index contributed by atoms with van der Waals surface area (Å²) in [6.07, 6.45) is 1.71. The second kappa shape index (κ2) is 7.43. The zero-order valence-corrected chi connectivity index (χ0v) is 17.5. The van der Waals surface area contributed by atoms with E-state index in [1.165, 1.54) is 7.11 Å². The molecule has 1 aliphatic rings. The van der Waals surface area contributed by atoms with Gasteiger partial charge in [-0.25, -0.2) is 9.78 Å². The molecule has 0 bridgehead atoms. The van der Waals surface area contributed by atoms with Crippen LogP contribution in [0.1, 0.15) is 72.5 Å². The van der Waals surface area contributed by atoms with Crippen LogP contribution in [0, 0.1) is 0 Å². The Labute approximate surface area is 170 Å². The summed E-state index contributed by atoms with van der Waals surface area (Å²) in [5.41, 5.74) is 8.64. The summed E-state index contributed by atoms with van der Waals surface area (Å²) in [6, 6.07) is 7.35. The molecule has 0 amide bonds. The summed E-state index contributed by atoms with van der Waals surface area (Å²) in [6.45, 7) is 8.66. The normalized spacial score (nSPS) is 12.8. The number of aryl methyl sites for hydroxylation is 1. The minimum Gasteiger partial charge on any atom is -0.465 e. The van der Waals surface area contributed by atoms with Crippen LogP contribution in [0.2, 0.25) is 0 Å². The fourth-order valence-electron chi connectivity index (χ4n) is 3.89. The zero-order chi connectivity index (χ0) is 20.7. The minimum atomic E-state index is -0.341. The highest BCUT2D eigenvalue weighted by Crippen LogP contribution is 2.37. The monoisotopic (exact) mass is 390 g/mol. The number of benzene rings is 1. The third-order valence-corrected chi connectivity index (χ3v) is 5.41. The highest BCUT2D eigenvalue weighted by atomic mass is 16.5. The van der Waals surface area contributed by atoms with Crippen LogP contribution in [0.15, 0.2) is 24.3 Å². The lowest BCUT2D eigenvalue weighted by molar-refractivity contribution is 0.0601. The Bertz CT molecular complexity index is 1070. The fourth-order valence-corrected chi connectivity index (χ4v) is 3.89. The van der Waals surface area contributed by atoms with Gasteiger partial charge >= 0.3 is 5.97 Å². The molecule has 4 rings (SSSR count). The Balaban J connectivity index is 1.78. The summed E-state index contributed by atoms with van der Waals surface area (Å²) >= 11 is 0. The molecule has 6 nitrogen and oxygen atoms in total. The first kappa shape index (κ1) is 19.3. The van der Waals surface area contributed by atoms with E-state index in [0.717, 1.165) is 58.1 Å². The standard InChI is InChI=1S/C23H26N4O2/c1-12(2)18-19(13(3)4)25-22-17(24-18)11-10-16-20(26-27-21(16)22)14-6-8-15(9-7-14)23(28)29-5/h6-9,12-13H,10-11H2,1-5H3,(H,26,27). The van der Waals surface area contributed by atoms with Crippen LogP contribution in [-0.2, 0) is 17.6 Å². The molecule has 0 unspecified atom stereocenters. The van der Waals surface area contributed by atoms with Gasteiger partial charge in [-0.15, -0.1) is 0 Å². The number of esters is 1. The predicted molar refractivity (Wildman–Crippen MR) is 112 cm³/mol. The number of nitrogens with one attached hydrogen (secondary N) is 1. The third-order valence-electron chi connectivity index (χ3n) is 5.41. The molecular formula is C23H26N4O2. The number of hydrogen-bond donors (Lipinski definition) is 1. The van der Waals surface area contributed by atoms with E-state index in [1.807, 2.05) is 12.1 Å². The molecule has 0 saturated heterocycles. The number of nitrogens with zero attached hydrogens (tertiary/aromatic N) is 3. The van der Waals surface area contributed by atoms with Gasteiger partial charge in [0.25, 0.3) is 0 Å². The number of ether oxygens (including phenoxy) is 1.